The van der Waals surface area contributed by atoms with Gasteiger partial charge in [-0.1, -0.05) is 25.1 Å². The molecular formula is C30H35FN6O3. The lowest BCUT2D eigenvalue weighted by Gasteiger charge is -2.18. The Morgan fingerprint density at radius 1 is 1.00 bits per heavy atom. The van der Waals surface area contributed by atoms with E-state index in [0.717, 1.165) is 54.0 Å². The number of ether oxygens (including phenoxy) is 1. The maximum atomic E-state index is 13.3. The van der Waals surface area contributed by atoms with Crippen LogP contribution in [0.5, 0.6) is 5.75 Å². The summed E-state index contributed by atoms with van der Waals surface area (Å²) in [6.45, 7) is 5.98. The quantitative estimate of drug-likeness (QED) is 0.162. The topological polar surface area (TPSA) is 112 Å². The van der Waals surface area contributed by atoms with Gasteiger partial charge in [0.25, 0.3) is 0 Å². The first-order valence-electron chi connectivity index (χ1n) is 13.4. The Kier molecular flexibility index (Phi) is 10.6. The Labute approximate surface area is 233 Å². The number of hydrogen-bond donors (Lipinski definition) is 4. The normalized spacial score (nSPS) is 11.0. The largest absolute Gasteiger partial charge is 0.493 e. The number of anilines is 3. The maximum Gasteiger partial charge on any atom is 0.323 e. The second kappa shape index (κ2) is 14.8. The fourth-order valence-corrected chi connectivity index (χ4v) is 4.25. The van der Waals surface area contributed by atoms with Crippen molar-refractivity contribution < 1.29 is 19.0 Å². The molecular weight excluding hydrogens is 511 g/mol. The SMILES string of the molecule is CCN(CCO)CCCOc1ccc2c(NCCc3ccc(NC(=O)Nc4cccc(F)c4)cc3)ncnc2c1. The van der Waals surface area contributed by atoms with E-state index in [1.54, 1.807) is 6.07 Å². The number of hydrogen-bond acceptors (Lipinski definition) is 7. The van der Waals surface area contributed by atoms with Crippen LogP contribution >= 0.6 is 0 Å². The number of carbonyl (C=O) groups is 1. The third kappa shape index (κ3) is 8.62. The van der Waals surface area contributed by atoms with Crippen molar-refractivity contribution >= 4 is 34.1 Å². The summed E-state index contributed by atoms with van der Waals surface area (Å²) in [6, 6.07) is 18.7. The summed E-state index contributed by atoms with van der Waals surface area (Å²) in [5.41, 5.74) is 2.92. The van der Waals surface area contributed by atoms with Gasteiger partial charge in [-0.2, -0.15) is 0 Å². The molecule has 0 aliphatic rings. The summed E-state index contributed by atoms with van der Waals surface area (Å²) in [6.07, 6.45) is 3.17. The lowest BCUT2D eigenvalue weighted by atomic mass is 10.1. The van der Waals surface area contributed by atoms with Gasteiger partial charge in [-0.3, -0.25) is 0 Å². The molecule has 0 bridgehead atoms. The van der Waals surface area contributed by atoms with Gasteiger partial charge in [0.15, 0.2) is 0 Å². The Bertz CT molecular complexity index is 1390. The second-order valence-corrected chi connectivity index (χ2v) is 9.22. The van der Waals surface area contributed by atoms with Crippen LogP contribution in [0.15, 0.2) is 73.1 Å². The van der Waals surface area contributed by atoms with Gasteiger partial charge in [-0.25, -0.2) is 19.2 Å². The standard InChI is InChI=1S/C30H35FN6O3/c1-2-37(16-17-38)15-4-18-40-26-11-12-27-28(20-26)33-21-34-29(27)32-14-13-22-7-9-24(10-8-22)35-30(39)36-25-6-3-5-23(31)19-25/h3,5-12,19-21,38H,2,4,13-18H2,1H3,(H,32,33,34)(H2,35,36,39). The smallest absolute Gasteiger partial charge is 0.323 e. The van der Waals surface area contributed by atoms with Crippen molar-refractivity contribution in [1.29, 1.82) is 0 Å². The number of nitrogens with zero attached hydrogens (tertiary/aromatic N) is 3. The van der Waals surface area contributed by atoms with E-state index in [1.807, 2.05) is 42.5 Å². The molecule has 1 aromatic heterocycles. The maximum absolute atomic E-state index is 13.3. The summed E-state index contributed by atoms with van der Waals surface area (Å²) in [5, 5.41) is 18.8. The van der Waals surface area contributed by atoms with Crippen molar-refractivity contribution in [1.82, 2.24) is 14.9 Å². The Morgan fingerprint density at radius 2 is 1.82 bits per heavy atom. The first-order valence-corrected chi connectivity index (χ1v) is 13.4. The summed E-state index contributed by atoms with van der Waals surface area (Å²) in [5.74, 6) is 1.11. The average molecular weight is 547 g/mol. The van der Waals surface area contributed by atoms with Crippen molar-refractivity contribution in [2.45, 2.75) is 19.8 Å². The number of amides is 2. The molecule has 9 nitrogen and oxygen atoms in total. The summed E-state index contributed by atoms with van der Waals surface area (Å²) < 4.78 is 19.2. The van der Waals surface area contributed by atoms with Gasteiger partial charge in [-0.05, 0) is 67.4 Å². The van der Waals surface area contributed by atoms with Crippen LogP contribution in [0.25, 0.3) is 10.9 Å². The van der Waals surface area contributed by atoms with Crippen molar-refractivity contribution in [3.8, 4) is 5.75 Å². The number of nitrogens with one attached hydrogen (secondary N) is 3. The van der Waals surface area contributed by atoms with Gasteiger partial charge in [0.1, 0.15) is 23.7 Å². The Morgan fingerprint density at radius 3 is 2.60 bits per heavy atom. The third-order valence-electron chi connectivity index (χ3n) is 6.36. The minimum Gasteiger partial charge on any atom is -0.493 e. The molecule has 0 saturated carbocycles. The zero-order chi connectivity index (χ0) is 28.2. The van der Waals surface area contributed by atoms with Gasteiger partial charge in [0.2, 0.25) is 0 Å². The van der Waals surface area contributed by atoms with Crippen LogP contribution in [0.3, 0.4) is 0 Å². The number of aromatic nitrogens is 2. The zero-order valence-electron chi connectivity index (χ0n) is 22.6. The second-order valence-electron chi connectivity index (χ2n) is 9.22. The molecule has 0 atom stereocenters. The zero-order valence-corrected chi connectivity index (χ0v) is 22.6. The highest BCUT2D eigenvalue weighted by molar-refractivity contribution is 5.99. The van der Waals surface area contributed by atoms with Gasteiger partial charge in [-0.15, -0.1) is 0 Å². The molecule has 0 aliphatic carbocycles. The van der Waals surface area contributed by atoms with Crippen molar-refractivity contribution in [2.75, 3.05) is 55.3 Å². The highest BCUT2D eigenvalue weighted by Gasteiger charge is 2.07. The lowest BCUT2D eigenvalue weighted by Crippen LogP contribution is -2.28. The minimum absolute atomic E-state index is 0.166. The van der Waals surface area contributed by atoms with Gasteiger partial charge < -0.3 is 30.7 Å². The van der Waals surface area contributed by atoms with E-state index >= 15 is 0 Å². The molecule has 210 valence electrons. The van der Waals surface area contributed by atoms with Crippen LogP contribution in [0, 0.1) is 5.82 Å². The number of aliphatic hydroxyl groups is 1. The van der Waals surface area contributed by atoms with E-state index in [0.29, 0.717) is 31.1 Å². The molecule has 1 heterocycles. The van der Waals surface area contributed by atoms with Crippen LogP contribution < -0.4 is 20.7 Å². The van der Waals surface area contributed by atoms with Crippen LogP contribution in [-0.4, -0.2) is 65.4 Å². The third-order valence-corrected chi connectivity index (χ3v) is 6.36. The van der Waals surface area contributed by atoms with Crippen molar-refractivity contribution in [2.24, 2.45) is 0 Å². The fourth-order valence-electron chi connectivity index (χ4n) is 4.25. The molecule has 0 radical (unpaired) electrons. The molecule has 0 unspecified atom stereocenters. The number of aliphatic hydroxyl groups excluding tert-OH is 1. The fraction of sp³-hybridized carbons (Fsp3) is 0.300. The van der Waals surface area contributed by atoms with Gasteiger partial charge in [0, 0.05) is 42.5 Å². The van der Waals surface area contributed by atoms with Gasteiger partial charge >= 0.3 is 6.03 Å². The monoisotopic (exact) mass is 546 g/mol. The molecule has 4 aromatic rings. The highest BCUT2D eigenvalue weighted by atomic mass is 19.1. The number of halogens is 1. The number of rotatable bonds is 14. The average Bonchev–Trinajstić information content (AvgIpc) is 2.95. The summed E-state index contributed by atoms with van der Waals surface area (Å²) in [7, 11) is 0. The van der Waals surface area contributed by atoms with Crippen molar-refractivity contribution in [3.05, 3.63) is 84.4 Å². The van der Waals surface area contributed by atoms with Crippen LogP contribution in [0.2, 0.25) is 0 Å². The number of benzene rings is 3. The molecule has 4 N–H and O–H groups in total. The molecule has 0 spiro atoms. The molecule has 0 saturated heterocycles. The summed E-state index contributed by atoms with van der Waals surface area (Å²) >= 11 is 0. The van der Waals surface area contributed by atoms with Gasteiger partial charge in [0.05, 0.1) is 18.7 Å². The highest BCUT2D eigenvalue weighted by Crippen LogP contribution is 2.24. The number of fused-ring (bicyclic) bond motifs is 1. The predicted molar refractivity (Wildman–Crippen MR) is 157 cm³/mol. The molecule has 0 fully saturated rings. The van der Waals surface area contributed by atoms with Crippen molar-refractivity contribution in [3.63, 3.8) is 0 Å². The van der Waals surface area contributed by atoms with Crippen LogP contribution in [0.1, 0.15) is 18.9 Å². The first-order chi connectivity index (χ1) is 19.5. The minimum atomic E-state index is -0.439. The summed E-state index contributed by atoms with van der Waals surface area (Å²) in [4.78, 5) is 23.2. The number of likely N-dealkylation sites (N-methyl/N-ethyl adjacent to an activating group) is 1. The molecule has 0 aliphatic heterocycles. The van der Waals surface area contributed by atoms with E-state index in [1.165, 1.54) is 24.5 Å². The number of carbonyl (C=O) groups excluding carboxylic acids is 1. The predicted octanol–water partition coefficient (Wildman–Crippen LogP) is 5.15. The number of urea groups is 1. The van der Waals surface area contributed by atoms with E-state index < -0.39 is 11.8 Å². The van der Waals surface area contributed by atoms with E-state index in [2.05, 4.69) is 37.7 Å². The Balaban J connectivity index is 1.24. The van der Waals surface area contributed by atoms with E-state index in [9.17, 15) is 9.18 Å². The van der Waals surface area contributed by atoms with Crippen LogP contribution in [-0.2, 0) is 6.42 Å². The lowest BCUT2D eigenvalue weighted by molar-refractivity contribution is 0.189. The molecule has 40 heavy (non-hydrogen) atoms. The molecule has 2 amide bonds. The molecule has 10 heteroatoms. The van der Waals surface area contributed by atoms with E-state index in [4.69, 9.17) is 9.84 Å². The Hall–Kier alpha value is -4.28. The van der Waals surface area contributed by atoms with Crippen LogP contribution in [0.4, 0.5) is 26.4 Å². The first kappa shape index (κ1) is 28.7. The molecule has 4 rings (SSSR count). The van der Waals surface area contributed by atoms with E-state index in [-0.39, 0.29) is 6.61 Å². The molecule has 3 aromatic carbocycles.